The molecule has 0 fully saturated rings. The summed E-state index contributed by atoms with van der Waals surface area (Å²) in [4.78, 5) is 0. The zero-order valence-corrected chi connectivity index (χ0v) is 27.1. The van der Waals surface area contributed by atoms with Crippen molar-refractivity contribution in [2.45, 2.75) is 162 Å². The van der Waals surface area contributed by atoms with Gasteiger partial charge in [0.05, 0.1) is 0 Å². The average Bonchev–Trinajstić information content (AvgIpc) is 2.83. The molecule has 1 nitrogen and oxygen atoms in total. The van der Waals surface area contributed by atoms with Gasteiger partial charge in [-0.2, -0.15) is 0 Å². The number of ether oxygens (including phenoxy) is 1. The number of hydrogen-bond donors (Lipinski definition) is 0. The summed E-state index contributed by atoms with van der Waals surface area (Å²) in [6.07, 6.45) is 4.93. The molecule has 0 aliphatic carbocycles. The molecule has 0 spiro atoms. The van der Waals surface area contributed by atoms with E-state index in [4.69, 9.17) is 4.74 Å². The molecule has 0 saturated carbocycles. The van der Waals surface area contributed by atoms with Crippen LogP contribution in [0, 0.1) is 0 Å². The van der Waals surface area contributed by atoms with Gasteiger partial charge < -0.3 is 4.74 Å². The first-order chi connectivity index (χ1) is 18.5. The fourth-order valence-corrected chi connectivity index (χ4v) is 6.72. The topological polar surface area (TPSA) is 9.23 Å². The van der Waals surface area contributed by atoms with Crippen molar-refractivity contribution in [3.05, 3.63) is 0 Å². The first-order valence-corrected chi connectivity index (χ1v) is 17.6. The standard InChI is InChI=1S/C20H42O.2C4H4F5.Sn/c1-3-5-7-9-11-13-15-17-19-21-20-18-16-14-12-10-8-6-4-2;2*5-3(6)1-2-4(7,8)9;/h3-20H2,1-2H3;2*1-2H2;. The molecule has 0 atom stereocenters. The van der Waals surface area contributed by atoms with Crippen molar-refractivity contribution in [2.24, 2.45) is 0 Å². The normalized spacial score (nSPS) is 12.9. The molecule has 0 unspecified atom stereocenters. The van der Waals surface area contributed by atoms with E-state index in [2.05, 4.69) is 13.8 Å². The van der Waals surface area contributed by atoms with Crippen LogP contribution >= 0.6 is 0 Å². The quantitative estimate of drug-likeness (QED) is 0.0550. The van der Waals surface area contributed by atoms with Gasteiger partial charge in [-0.15, -0.1) is 0 Å². The molecule has 12 heteroatoms. The molecule has 0 aromatic rings. The molecular formula is C28H50F10OSn. The number of unbranched alkanes of at least 4 members (excludes halogenated alkanes) is 14. The maximum absolute atomic E-state index is 12.9. The second kappa shape index (κ2) is 24.5. The van der Waals surface area contributed by atoms with Crippen molar-refractivity contribution in [1.82, 2.24) is 0 Å². The van der Waals surface area contributed by atoms with Crippen LogP contribution in [-0.4, -0.2) is 54.6 Å². The predicted molar refractivity (Wildman–Crippen MR) is 142 cm³/mol. The van der Waals surface area contributed by atoms with Gasteiger partial charge >= 0.3 is 111 Å². The van der Waals surface area contributed by atoms with Crippen LogP contribution in [-0.2, 0) is 4.74 Å². The van der Waals surface area contributed by atoms with Gasteiger partial charge in [0.25, 0.3) is 0 Å². The Morgan fingerprint density at radius 2 is 0.675 bits per heavy atom. The SMILES string of the molecule is CCCCCCCCCCOCCCCCCCCCC.FC(F)(F)CC[C](F)(F)[Sn][C](F)(F)CCC(F)(F)F. The monoisotopic (exact) mass is 712 g/mol. The molecule has 0 bridgehead atoms. The second-order valence-corrected chi connectivity index (χ2v) is 15.2. The van der Waals surface area contributed by atoms with Gasteiger partial charge in [0.15, 0.2) is 0 Å². The van der Waals surface area contributed by atoms with Crippen molar-refractivity contribution in [2.75, 3.05) is 13.2 Å². The third-order valence-corrected chi connectivity index (χ3v) is 9.61. The van der Waals surface area contributed by atoms with Gasteiger partial charge in [-0.25, -0.2) is 0 Å². The first-order valence-electron chi connectivity index (χ1n) is 14.8. The van der Waals surface area contributed by atoms with E-state index < -0.39 is 67.1 Å². The van der Waals surface area contributed by atoms with Crippen LogP contribution in [0.3, 0.4) is 0 Å². The summed E-state index contributed by atoms with van der Waals surface area (Å²) in [6.45, 7) is 6.55. The summed E-state index contributed by atoms with van der Waals surface area (Å²) in [5.41, 5.74) is 0. The minimum absolute atomic E-state index is 0.992. The van der Waals surface area contributed by atoms with Crippen LogP contribution in [0.1, 0.15) is 142 Å². The zero-order valence-electron chi connectivity index (χ0n) is 24.2. The molecule has 40 heavy (non-hydrogen) atoms. The van der Waals surface area contributed by atoms with Crippen LogP contribution in [0.4, 0.5) is 43.9 Å². The van der Waals surface area contributed by atoms with E-state index in [1.165, 1.54) is 103 Å². The number of rotatable bonds is 24. The van der Waals surface area contributed by atoms with E-state index in [0.717, 1.165) is 13.2 Å². The Labute approximate surface area is 245 Å². The summed E-state index contributed by atoms with van der Waals surface area (Å²) in [6, 6.07) is 0. The molecule has 0 aliphatic heterocycles. The fraction of sp³-hybridized carbons (Fsp3) is 1.00. The first kappa shape index (κ1) is 42.2. The van der Waals surface area contributed by atoms with Gasteiger partial charge in [0.2, 0.25) is 0 Å². The Morgan fingerprint density at radius 1 is 0.400 bits per heavy atom. The average molecular weight is 711 g/mol. The fourth-order valence-electron chi connectivity index (χ4n) is 3.77. The molecule has 0 aromatic heterocycles. The molecule has 2 radical (unpaired) electrons. The molecule has 0 N–H and O–H groups in total. The second-order valence-electron chi connectivity index (χ2n) is 10.3. The summed E-state index contributed by atoms with van der Waals surface area (Å²) >= 11 is -4.05. The number of hydrogen-bond acceptors (Lipinski definition) is 1. The third kappa shape index (κ3) is 36.1. The number of halogens is 10. The molecular weight excluding hydrogens is 661 g/mol. The van der Waals surface area contributed by atoms with Crippen molar-refractivity contribution in [3.63, 3.8) is 0 Å². The van der Waals surface area contributed by atoms with Gasteiger partial charge in [-0.3, -0.25) is 0 Å². The van der Waals surface area contributed by atoms with Crippen LogP contribution in [0.15, 0.2) is 0 Å². The molecule has 242 valence electrons. The van der Waals surface area contributed by atoms with Gasteiger partial charge in [0.1, 0.15) is 0 Å². The van der Waals surface area contributed by atoms with Crippen LogP contribution < -0.4 is 0 Å². The Morgan fingerprint density at radius 3 is 0.950 bits per heavy atom. The van der Waals surface area contributed by atoms with Crippen molar-refractivity contribution in [1.29, 1.82) is 0 Å². The predicted octanol–water partition coefficient (Wildman–Crippen LogP) is 11.8. The summed E-state index contributed by atoms with van der Waals surface area (Å²) in [5.74, 6) is 0. The summed E-state index contributed by atoms with van der Waals surface area (Å²) in [7, 11) is 0. The van der Waals surface area contributed by atoms with E-state index in [0.29, 0.717) is 0 Å². The zero-order chi connectivity index (χ0) is 31.0. The Kier molecular flexibility index (Phi) is 25.8. The molecule has 0 amide bonds. The molecule has 0 aromatic carbocycles. The Balaban J connectivity index is 0. The maximum atomic E-state index is 12.9. The Bertz CT molecular complexity index is 508. The van der Waals surface area contributed by atoms with Crippen molar-refractivity contribution in [3.8, 4) is 0 Å². The molecule has 0 rings (SSSR count). The molecule has 0 aliphatic rings. The molecule has 0 saturated heterocycles. The minimum atomic E-state index is -4.91. The van der Waals surface area contributed by atoms with Crippen LogP contribution in [0.5, 0.6) is 0 Å². The van der Waals surface area contributed by atoms with Crippen molar-refractivity contribution >= 4 is 21.1 Å². The summed E-state index contributed by atoms with van der Waals surface area (Å²) < 4.78 is 119. The Hall–Kier alpha value is 0.0587. The van der Waals surface area contributed by atoms with E-state index >= 15 is 0 Å². The van der Waals surface area contributed by atoms with E-state index in [9.17, 15) is 43.9 Å². The van der Waals surface area contributed by atoms with Gasteiger partial charge in [-0.05, 0) is 12.8 Å². The van der Waals surface area contributed by atoms with E-state index in [-0.39, 0.29) is 0 Å². The van der Waals surface area contributed by atoms with E-state index in [1.54, 1.807) is 0 Å². The van der Waals surface area contributed by atoms with Crippen LogP contribution in [0.2, 0.25) is 0 Å². The van der Waals surface area contributed by atoms with Crippen molar-refractivity contribution < 1.29 is 48.6 Å². The van der Waals surface area contributed by atoms with E-state index in [1.807, 2.05) is 0 Å². The molecule has 0 heterocycles. The van der Waals surface area contributed by atoms with Gasteiger partial charge in [-0.1, -0.05) is 104 Å². The number of alkyl halides is 10. The summed E-state index contributed by atoms with van der Waals surface area (Å²) in [5, 5.41) is 0. The van der Waals surface area contributed by atoms with Crippen LogP contribution in [0.25, 0.3) is 0 Å². The third-order valence-electron chi connectivity index (χ3n) is 6.10. The van der Waals surface area contributed by atoms with Gasteiger partial charge in [0, 0.05) is 13.2 Å².